The highest BCUT2D eigenvalue weighted by Crippen LogP contribution is 2.24. The van der Waals surface area contributed by atoms with Crippen LogP contribution in [0, 0.1) is 0 Å². The van der Waals surface area contributed by atoms with Gasteiger partial charge in [-0.05, 0) is 24.9 Å². The third-order valence-corrected chi connectivity index (χ3v) is 4.16. The van der Waals surface area contributed by atoms with Crippen LogP contribution in [-0.4, -0.2) is 23.8 Å². The molecule has 1 unspecified atom stereocenters. The first-order chi connectivity index (χ1) is 10.2. The molecule has 0 bridgehead atoms. The molecule has 118 valence electrons. The Bertz CT molecular complexity index is 388. The first kappa shape index (κ1) is 17.9. The number of carbonyl (C=O) groups is 1. The summed E-state index contributed by atoms with van der Waals surface area (Å²) in [6, 6.07) is 11.1. The molecular weight excluding hydrogens is 258 g/mol. The van der Waals surface area contributed by atoms with Crippen molar-refractivity contribution in [1.29, 1.82) is 0 Å². The van der Waals surface area contributed by atoms with E-state index in [2.05, 4.69) is 56.0 Å². The number of Topliss-reactive ketones (excluding diaryl/α,β-unsaturated/α-hetero) is 1. The number of ketones is 1. The zero-order chi connectivity index (χ0) is 15.5. The van der Waals surface area contributed by atoms with Gasteiger partial charge in [-0.3, -0.25) is 9.69 Å². The third-order valence-electron chi connectivity index (χ3n) is 4.16. The first-order valence-corrected chi connectivity index (χ1v) is 8.53. The summed E-state index contributed by atoms with van der Waals surface area (Å²) < 4.78 is 0. The van der Waals surface area contributed by atoms with Crippen molar-refractivity contribution in [1.82, 2.24) is 4.90 Å². The Morgan fingerprint density at radius 3 is 2.33 bits per heavy atom. The van der Waals surface area contributed by atoms with Crippen LogP contribution in [-0.2, 0) is 4.79 Å². The molecular formula is C19H31NO. The highest BCUT2D eigenvalue weighted by atomic mass is 16.1. The van der Waals surface area contributed by atoms with E-state index in [-0.39, 0.29) is 0 Å². The van der Waals surface area contributed by atoms with Crippen LogP contribution in [0.4, 0.5) is 0 Å². The molecule has 0 heterocycles. The van der Waals surface area contributed by atoms with Crippen LogP contribution in [0.15, 0.2) is 30.3 Å². The number of rotatable bonds is 11. The summed E-state index contributed by atoms with van der Waals surface area (Å²) >= 11 is 0. The first-order valence-electron chi connectivity index (χ1n) is 8.53. The highest BCUT2D eigenvalue weighted by Gasteiger charge is 2.17. The van der Waals surface area contributed by atoms with Crippen molar-refractivity contribution >= 4 is 5.78 Å². The summed E-state index contributed by atoms with van der Waals surface area (Å²) in [6.45, 7) is 8.47. The smallest absolute Gasteiger partial charge is 0.134 e. The van der Waals surface area contributed by atoms with Gasteiger partial charge in [0.05, 0.1) is 0 Å². The molecule has 0 aliphatic heterocycles. The summed E-state index contributed by atoms with van der Waals surface area (Å²) in [5.74, 6) is 0.421. The molecule has 21 heavy (non-hydrogen) atoms. The largest absolute Gasteiger partial charge is 0.300 e. The highest BCUT2D eigenvalue weighted by molar-refractivity contribution is 5.78. The van der Waals surface area contributed by atoms with Crippen LogP contribution in [0.2, 0.25) is 0 Å². The average molecular weight is 289 g/mol. The van der Waals surface area contributed by atoms with Gasteiger partial charge in [-0.15, -0.1) is 0 Å². The zero-order valence-corrected chi connectivity index (χ0v) is 14.0. The van der Waals surface area contributed by atoms with Crippen molar-refractivity contribution in [3.63, 3.8) is 0 Å². The number of hydrogen-bond donors (Lipinski definition) is 0. The number of carbonyl (C=O) groups excluding carboxylic acids is 1. The lowest BCUT2D eigenvalue weighted by molar-refractivity contribution is -0.119. The van der Waals surface area contributed by atoms with E-state index < -0.39 is 0 Å². The monoisotopic (exact) mass is 289 g/mol. The Hall–Kier alpha value is -1.15. The summed E-state index contributed by atoms with van der Waals surface area (Å²) in [7, 11) is 0. The fourth-order valence-corrected chi connectivity index (χ4v) is 2.88. The van der Waals surface area contributed by atoms with Crippen LogP contribution in [0.25, 0.3) is 0 Å². The van der Waals surface area contributed by atoms with E-state index in [1.165, 1.54) is 18.4 Å². The second kappa shape index (κ2) is 10.6. The molecule has 1 atom stereocenters. The lowest BCUT2D eigenvalue weighted by atomic mass is 10.0. The Labute approximate surface area is 130 Å². The van der Waals surface area contributed by atoms with Crippen molar-refractivity contribution in [2.45, 2.75) is 65.3 Å². The maximum Gasteiger partial charge on any atom is 0.134 e. The summed E-state index contributed by atoms with van der Waals surface area (Å²) in [4.78, 5) is 14.4. The fraction of sp³-hybridized carbons (Fsp3) is 0.632. The molecule has 0 saturated heterocycles. The minimum atomic E-state index is 0.421. The van der Waals surface area contributed by atoms with Gasteiger partial charge in [0.25, 0.3) is 0 Å². The van der Waals surface area contributed by atoms with Crippen molar-refractivity contribution in [3.05, 3.63) is 35.9 Å². The van der Waals surface area contributed by atoms with E-state index >= 15 is 0 Å². The number of hydrogen-bond acceptors (Lipinski definition) is 2. The summed E-state index contributed by atoms with van der Waals surface area (Å²) in [6.07, 6.45) is 5.94. The molecule has 0 aromatic heterocycles. The van der Waals surface area contributed by atoms with Gasteiger partial charge in [0.15, 0.2) is 0 Å². The zero-order valence-electron chi connectivity index (χ0n) is 14.0. The van der Waals surface area contributed by atoms with E-state index in [9.17, 15) is 4.79 Å². The maximum atomic E-state index is 12.0. The average Bonchev–Trinajstić information content (AvgIpc) is 2.52. The molecule has 1 aromatic rings. The van der Waals surface area contributed by atoms with Gasteiger partial charge in [-0.2, -0.15) is 0 Å². The van der Waals surface area contributed by atoms with Gasteiger partial charge in [-0.1, -0.05) is 63.9 Å². The molecule has 0 fully saturated rings. The molecule has 0 amide bonds. The fourth-order valence-electron chi connectivity index (χ4n) is 2.88. The SMILES string of the molecule is CCCCCC(=O)CCN(CC)C(CC)c1ccccc1. The topological polar surface area (TPSA) is 20.3 Å². The second-order valence-corrected chi connectivity index (χ2v) is 5.71. The van der Waals surface area contributed by atoms with Gasteiger partial charge in [0, 0.05) is 25.4 Å². The van der Waals surface area contributed by atoms with Crippen LogP contribution in [0.5, 0.6) is 0 Å². The maximum absolute atomic E-state index is 12.0. The summed E-state index contributed by atoms with van der Waals surface area (Å²) in [5, 5.41) is 0. The van der Waals surface area contributed by atoms with Crippen molar-refractivity contribution in [2.75, 3.05) is 13.1 Å². The van der Waals surface area contributed by atoms with E-state index in [1.807, 2.05) is 0 Å². The van der Waals surface area contributed by atoms with Crippen LogP contribution >= 0.6 is 0 Å². The van der Waals surface area contributed by atoms with E-state index in [1.54, 1.807) is 0 Å². The molecule has 0 spiro atoms. The normalized spacial score (nSPS) is 12.6. The predicted octanol–water partition coefficient (Wildman–Crippen LogP) is 5.00. The van der Waals surface area contributed by atoms with E-state index in [4.69, 9.17) is 0 Å². The minimum absolute atomic E-state index is 0.421. The van der Waals surface area contributed by atoms with Crippen LogP contribution < -0.4 is 0 Å². The van der Waals surface area contributed by atoms with Crippen molar-refractivity contribution < 1.29 is 4.79 Å². The molecule has 0 aliphatic rings. The molecule has 1 aromatic carbocycles. The second-order valence-electron chi connectivity index (χ2n) is 5.71. The molecule has 0 N–H and O–H groups in total. The van der Waals surface area contributed by atoms with E-state index in [0.29, 0.717) is 18.2 Å². The molecule has 0 saturated carbocycles. The van der Waals surface area contributed by atoms with Gasteiger partial charge in [0.1, 0.15) is 5.78 Å². The Morgan fingerprint density at radius 1 is 1.05 bits per heavy atom. The van der Waals surface area contributed by atoms with E-state index in [0.717, 1.165) is 32.4 Å². The van der Waals surface area contributed by atoms with Crippen molar-refractivity contribution in [3.8, 4) is 0 Å². The van der Waals surface area contributed by atoms with Gasteiger partial charge >= 0.3 is 0 Å². The number of benzene rings is 1. The predicted molar refractivity (Wildman–Crippen MR) is 90.5 cm³/mol. The quantitative estimate of drug-likeness (QED) is 0.534. The minimum Gasteiger partial charge on any atom is -0.300 e. The van der Waals surface area contributed by atoms with Crippen molar-refractivity contribution in [2.24, 2.45) is 0 Å². The Balaban J connectivity index is 2.51. The van der Waals surface area contributed by atoms with Gasteiger partial charge in [0.2, 0.25) is 0 Å². The Kier molecular flexibility index (Phi) is 9.00. The van der Waals surface area contributed by atoms with Gasteiger partial charge in [-0.25, -0.2) is 0 Å². The number of unbranched alkanes of at least 4 members (excludes halogenated alkanes) is 2. The lowest BCUT2D eigenvalue weighted by Crippen LogP contribution is -2.30. The number of nitrogens with zero attached hydrogens (tertiary/aromatic N) is 1. The van der Waals surface area contributed by atoms with Crippen LogP contribution in [0.3, 0.4) is 0 Å². The lowest BCUT2D eigenvalue weighted by Gasteiger charge is -2.30. The Morgan fingerprint density at radius 2 is 1.76 bits per heavy atom. The molecule has 0 aliphatic carbocycles. The molecule has 1 rings (SSSR count). The standard InChI is InChI=1S/C19H31NO/c1-4-7-9-14-18(21)15-16-20(6-3)19(5-2)17-12-10-8-11-13-17/h8,10-13,19H,4-7,9,14-16H2,1-3H3. The van der Waals surface area contributed by atoms with Gasteiger partial charge < -0.3 is 0 Å². The molecule has 2 nitrogen and oxygen atoms in total. The molecule has 0 radical (unpaired) electrons. The van der Waals surface area contributed by atoms with Crippen LogP contribution in [0.1, 0.15) is 70.9 Å². The summed E-state index contributed by atoms with van der Waals surface area (Å²) in [5.41, 5.74) is 1.36. The molecule has 2 heteroatoms. The third kappa shape index (κ3) is 6.43.